The Morgan fingerprint density at radius 2 is 2.10 bits per heavy atom. The maximum Gasteiger partial charge on any atom is 0.115 e. The summed E-state index contributed by atoms with van der Waals surface area (Å²) in [5, 5.41) is 2.09. The van der Waals surface area contributed by atoms with E-state index in [9.17, 15) is 0 Å². The highest BCUT2D eigenvalue weighted by atomic mass is 32.1. The second kappa shape index (κ2) is 5.73. The molecule has 0 saturated heterocycles. The van der Waals surface area contributed by atoms with Crippen LogP contribution in [-0.2, 0) is 13.0 Å². The van der Waals surface area contributed by atoms with E-state index in [0.717, 1.165) is 29.8 Å². The van der Waals surface area contributed by atoms with Gasteiger partial charge in [0, 0.05) is 24.3 Å². The first kappa shape index (κ1) is 13.3. The van der Waals surface area contributed by atoms with Gasteiger partial charge in [-0.2, -0.15) is 0 Å². The Morgan fingerprint density at radius 1 is 1.25 bits per heavy atom. The van der Waals surface area contributed by atoms with Gasteiger partial charge in [-0.05, 0) is 23.6 Å². The van der Waals surface area contributed by atoms with Gasteiger partial charge in [0.25, 0.3) is 0 Å². The van der Waals surface area contributed by atoms with Crippen molar-refractivity contribution in [1.82, 2.24) is 9.55 Å². The van der Waals surface area contributed by atoms with Crippen LogP contribution in [0.4, 0.5) is 0 Å². The van der Waals surface area contributed by atoms with E-state index < -0.39 is 0 Å². The number of imidazole rings is 1. The molecule has 0 fully saturated rings. The largest absolute Gasteiger partial charge is 0.393 e. The van der Waals surface area contributed by atoms with Crippen molar-refractivity contribution in [2.45, 2.75) is 19.4 Å². The predicted octanol–water partition coefficient (Wildman–Crippen LogP) is 3.36. The molecule has 0 spiro atoms. The van der Waals surface area contributed by atoms with Crippen molar-refractivity contribution in [2.24, 2.45) is 5.73 Å². The van der Waals surface area contributed by atoms with Crippen LogP contribution in [0.15, 0.2) is 41.8 Å². The molecule has 3 nitrogen and oxygen atoms in total. The highest BCUT2D eigenvalue weighted by molar-refractivity contribution is 7.80. The summed E-state index contributed by atoms with van der Waals surface area (Å²) in [6, 6.07) is 12.4. The molecule has 0 bridgehead atoms. The molecule has 2 heterocycles. The molecule has 0 atom stereocenters. The molecule has 3 aromatic rings. The lowest BCUT2D eigenvalue weighted by Gasteiger charge is -2.08. The second-order valence-electron chi connectivity index (χ2n) is 4.64. The zero-order valence-corrected chi connectivity index (χ0v) is 12.6. The molecule has 2 aromatic heterocycles. The Morgan fingerprint density at radius 3 is 2.85 bits per heavy atom. The Kier molecular flexibility index (Phi) is 3.80. The minimum absolute atomic E-state index is 0.546. The third-order valence-corrected chi connectivity index (χ3v) is 4.31. The lowest BCUT2D eigenvalue weighted by atomic mass is 10.3. The number of aryl methyl sites for hydroxylation is 1. The van der Waals surface area contributed by atoms with Crippen LogP contribution in [0.25, 0.3) is 11.0 Å². The summed E-state index contributed by atoms with van der Waals surface area (Å²) in [5.41, 5.74) is 7.82. The summed E-state index contributed by atoms with van der Waals surface area (Å²) in [4.78, 5) is 6.61. The minimum atomic E-state index is 0.546. The Bertz CT molecular complexity index is 729. The van der Waals surface area contributed by atoms with E-state index in [1.807, 2.05) is 18.2 Å². The van der Waals surface area contributed by atoms with Gasteiger partial charge in [0.1, 0.15) is 5.82 Å². The summed E-state index contributed by atoms with van der Waals surface area (Å²) in [6.45, 7) is 0.788. The zero-order chi connectivity index (χ0) is 13.9. The molecule has 0 aliphatic heterocycles. The molecular weight excluding hydrogens is 286 g/mol. The average molecular weight is 301 g/mol. The van der Waals surface area contributed by atoms with E-state index in [1.54, 1.807) is 11.3 Å². The SMILES string of the molecule is NC(=S)CCn1c(Cc2cccs2)nc2ccccc21. The summed E-state index contributed by atoms with van der Waals surface area (Å²) < 4.78 is 2.23. The molecule has 0 aliphatic carbocycles. The van der Waals surface area contributed by atoms with Crippen molar-refractivity contribution in [2.75, 3.05) is 0 Å². The number of hydrogen-bond acceptors (Lipinski definition) is 3. The van der Waals surface area contributed by atoms with Gasteiger partial charge in [-0.15, -0.1) is 11.3 Å². The molecule has 0 saturated carbocycles. The fourth-order valence-electron chi connectivity index (χ4n) is 2.30. The molecule has 0 unspecified atom stereocenters. The fraction of sp³-hybridized carbons (Fsp3) is 0.200. The molecule has 5 heteroatoms. The average Bonchev–Trinajstić information content (AvgIpc) is 3.04. The monoisotopic (exact) mass is 301 g/mol. The van der Waals surface area contributed by atoms with Crippen LogP contribution in [0.1, 0.15) is 17.1 Å². The van der Waals surface area contributed by atoms with Gasteiger partial charge in [0.05, 0.1) is 16.0 Å². The zero-order valence-electron chi connectivity index (χ0n) is 11.0. The summed E-state index contributed by atoms with van der Waals surface area (Å²) in [5.74, 6) is 1.07. The molecule has 0 amide bonds. The number of thiophene rings is 1. The van der Waals surface area contributed by atoms with Crippen molar-refractivity contribution in [1.29, 1.82) is 0 Å². The first-order valence-electron chi connectivity index (χ1n) is 6.49. The quantitative estimate of drug-likeness (QED) is 0.735. The third-order valence-electron chi connectivity index (χ3n) is 3.23. The Labute approximate surface area is 127 Å². The van der Waals surface area contributed by atoms with E-state index in [1.165, 1.54) is 4.88 Å². The van der Waals surface area contributed by atoms with Gasteiger partial charge in [-0.25, -0.2) is 4.98 Å². The van der Waals surface area contributed by atoms with Crippen LogP contribution < -0.4 is 5.73 Å². The van der Waals surface area contributed by atoms with Crippen LogP contribution >= 0.6 is 23.6 Å². The smallest absolute Gasteiger partial charge is 0.115 e. The minimum Gasteiger partial charge on any atom is -0.393 e. The number of aromatic nitrogens is 2. The highest BCUT2D eigenvalue weighted by Gasteiger charge is 2.11. The topological polar surface area (TPSA) is 43.8 Å². The van der Waals surface area contributed by atoms with Gasteiger partial charge in [-0.1, -0.05) is 30.4 Å². The molecule has 2 N–H and O–H groups in total. The van der Waals surface area contributed by atoms with Gasteiger partial charge in [0.2, 0.25) is 0 Å². The standard InChI is InChI=1S/C15H15N3S2/c16-14(19)7-8-18-13-6-2-1-5-12(13)17-15(18)10-11-4-3-9-20-11/h1-6,9H,7-8,10H2,(H2,16,19). The van der Waals surface area contributed by atoms with Gasteiger partial charge < -0.3 is 10.3 Å². The van der Waals surface area contributed by atoms with Crippen LogP contribution in [0.5, 0.6) is 0 Å². The van der Waals surface area contributed by atoms with Crippen molar-refractivity contribution in [3.05, 3.63) is 52.5 Å². The normalized spacial score (nSPS) is 11.0. The number of fused-ring (bicyclic) bond motifs is 1. The van der Waals surface area contributed by atoms with E-state index in [-0.39, 0.29) is 0 Å². The fourth-order valence-corrected chi connectivity index (χ4v) is 3.09. The third kappa shape index (κ3) is 2.73. The molecule has 102 valence electrons. The van der Waals surface area contributed by atoms with Crippen molar-refractivity contribution >= 4 is 39.6 Å². The van der Waals surface area contributed by atoms with Gasteiger partial charge >= 0.3 is 0 Å². The van der Waals surface area contributed by atoms with Gasteiger partial charge in [0.15, 0.2) is 0 Å². The number of rotatable bonds is 5. The Hall–Kier alpha value is -1.72. The van der Waals surface area contributed by atoms with Crippen LogP contribution in [0.2, 0.25) is 0 Å². The molecule has 20 heavy (non-hydrogen) atoms. The number of nitrogens with zero attached hydrogens (tertiary/aromatic N) is 2. The van der Waals surface area contributed by atoms with Crippen molar-refractivity contribution < 1.29 is 0 Å². The summed E-state index contributed by atoms with van der Waals surface area (Å²) in [6.07, 6.45) is 1.55. The number of para-hydroxylation sites is 2. The molecule has 0 radical (unpaired) electrons. The molecular formula is C15H15N3S2. The number of nitrogens with two attached hydrogens (primary N) is 1. The lowest BCUT2D eigenvalue weighted by Crippen LogP contribution is -2.13. The number of hydrogen-bond donors (Lipinski definition) is 1. The molecule has 1 aromatic carbocycles. The van der Waals surface area contributed by atoms with Crippen LogP contribution in [-0.4, -0.2) is 14.5 Å². The first-order valence-corrected chi connectivity index (χ1v) is 7.77. The van der Waals surface area contributed by atoms with Crippen molar-refractivity contribution in [3.63, 3.8) is 0 Å². The number of thiocarbonyl (C=S) groups is 1. The maximum absolute atomic E-state index is 5.64. The van der Waals surface area contributed by atoms with E-state index in [0.29, 0.717) is 11.4 Å². The summed E-state index contributed by atoms with van der Waals surface area (Å²) in [7, 11) is 0. The summed E-state index contributed by atoms with van der Waals surface area (Å²) >= 11 is 6.75. The second-order valence-corrected chi connectivity index (χ2v) is 6.20. The molecule has 3 rings (SSSR count). The molecule has 0 aliphatic rings. The van der Waals surface area contributed by atoms with E-state index in [4.69, 9.17) is 22.9 Å². The van der Waals surface area contributed by atoms with Crippen LogP contribution in [0.3, 0.4) is 0 Å². The first-order chi connectivity index (χ1) is 9.74. The highest BCUT2D eigenvalue weighted by Crippen LogP contribution is 2.20. The predicted molar refractivity (Wildman–Crippen MR) is 88.3 cm³/mol. The van der Waals surface area contributed by atoms with Gasteiger partial charge in [-0.3, -0.25) is 0 Å². The van der Waals surface area contributed by atoms with E-state index >= 15 is 0 Å². The number of benzene rings is 1. The lowest BCUT2D eigenvalue weighted by molar-refractivity contribution is 0.706. The van der Waals surface area contributed by atoms with Crippen molar-refractivity contribution in [3.8, 4) is 0 Å². The Balaban J connectivity index is 2.00. The maximum atomic E-state index is 5.64. The van der Waals surface area contributed by atoms with E-state index in [2.05, 4.69) is 28.1 Å². The van der Waals surface area contributed by atoms with Crippen LogP contribution in [0, 0.1) is 0 Å².